The van der Waals surface area contributed by atoms with Gasteiger partial charge >= 0.3 is 0 Å². The van der Waals surface area contributed by atoms with Crippen LogP contribution in [0.1, 0.15) is 103 Å². The zero-order chi connectivity index (χ0) is 31.9. The fraction of sp³-hybridized carbons (Fsp3) is 0.415. The van der Waals surface area contributed by atoms with Gasteiger partial charge in [0.1, 0.15) is 5.58 Å². The molecule has 1 radical (unpaired) electrons. The Balaban J connectivity index is 0.000000259. The normalized spacial score (nSPS) is 14.1. The summed E-state index contributed by atoms with van der Waals surface area (Å²) in [6.45, 7) is 10.2. The number of hydrogen-bond donors (Lipinski definition) is 1. The zero-order valence-corrected chi connectivity index (χ0v) is 30.4. The van der Waals surface area contributed by atoms with Crippen molar-refractivity contribution in [3.05, 3.63) is 89.8 Å². The van der Waals surface area contributed by atoms with Gasteiger partial charge in [-0.15, -0.1) is 17.7 Å². The van der Waals surface area contributed by atoms with Crippen LogP contribution in [0, 0.1) is 24.8 Å². The molecule has 1 aliphatic rings. The van der Waals surface area contributed by atoms with Crippen LogP contribution in [-0.4, -0.2) is 15.9 Å². The first kappa shape index (κ1) is 35.6. The van der Waals surface area contributed by atoms with E-state index in [2.05, 4.69) is 61.7 Å². The van der Waals surface area contributed by atoms with E-state index in [1.807, 2.05) is 39.8 Å². The molecule has 4 nitrogen and oxygen atoms in total. The second kappa shape index (κ2) is 16.5. The molecule has 0 saturated heterocycles. The number of ketones is 1. The smallest absolute Gasteiger partial charge is 0.162 e. The summed E-state index contributed by atoms with van der Waals surface area (Å²) in [6, 6.07) is 22.7. The molecule has 5 aromatic rings. The molecule has 1 fully saturated rings. The van der Waals surface area contributed by atoms with Gasteiger partial charge < -0.3 is 14.5 Å². The molecule has 3 aromatic carbocycles. The standard InChI is InChI=1S/C28H24NO.C13H24O2.Ir/c1-18-15-23-21-12-7-8-14-26(21)30-28(23)24(16-18)27-22-13-6-5-11-20(22)25(17-29-27)19-9-3-2-4-10-19;1-5-10(6-2)12(14)9-13(15)11(7-3)8-4;/h5-8,11-15,17,19H,2-4,9-10H2,1H3;9-11,14H,5-8H2,1-4H3;/q-1;;/b;12-9-;. The van der Waals surface area contributed by atoms with Gasteiger partial charge in [-0.3, -0.25) is 4.79 Å². The molecule has 1 saturated carbocycles. The molecule has 0 spiro atoms. The number of aromatic nitrogens is 1. The van der Waals surface area contributed by atoms with Gasteiger partial charge in [0.2, 0.25) is 0 Å². The molecule has 0 amide bonds. The summed E-state index contributed by atoms with van der Waals surface area (Å²) in [7, 11) is 0. The Hall–Kier alpha value is -3.27. The number of aliphatic hydroxyl groups excluding tert-OH is 1. The van der Waals surface area contributed by atoms with Crippen LogP contribution in [0.3, 0.4) is 0 Å². The van der Waals surface area contributed by atoms with Crippen LogP contribution in [0.2, 0.25) is 0 Å². The summed E-state index contributed by atoms with van der Waals surface area (Å²) >= 11 is 0. The molecule has 245 valence electrons. The second-order valence-corrected chi connectivity index (χ2v) is 12.6. The molecular formula is C41H48IrNO3-. The minimum atomic E-state index is 0. The second-order valence-electron chi connectivity index (χ2n) is 12.6. The summed E-state index contributed by atoms with van der Waals surface area (Å²) in [4.78, 5) is 16.7. The molecular weight excluding hydrogens is 747 g/mol. The minimum absolute atomic E-state index is 0. The first-order chi connectivity index (χ1) is 21.9. The van der Waals surface area contributed by atoms with Gasteiger partial charge in [0.15, 0.2) is 5.78 Å². The molecule has 2 heterocycles. The zero-order valence-electron chi connectivity index (χ0n) is 28.0. The minimum Gasteiger partial charge on any atom is -0.512 e. The van der Waals surface area contributed by atoms with Crippen molar-refractivity contribution in [1.29, 1.82) is 0 Å². The van der Waals surface area contributed by atoms with Gasteiger partial charge in [0.05, 0.1) is 11.3 Å². The van der Waals surface area contributed by atoms with Gasteiger partial charge in [-0.25, -0.2) is 0 Å². The van der Waals surface area contributed by atoms with Crippen LogP contribution < -0.4 is 0 Å². The molecule has 0 unspecified atom stereocenters. The maximum Gasteiger partial charge on any atom is 0.162 e. The van der Waals surface area contributed by atoms with E-state index in [0.717, 1.165) is 64.4 Å². The fourth-order valence-corrected chi connectivity index (χ4v) is 7.00. The van der Waals surface area contributed by atoms with E-state index in [0.29, 0.717) is 5.92 Å². The Morgan fingerprint density at radius 2 is 1.50 bits per heavy atom. The Morgan fingerprint density at radius 3 is 2.15 bits per heavy atom. The maximum absolute atomic E-state index is 11.7. The third-order valence-electron chi connectivity index (χ3n) is 9.73. The molecule has 1 aliphatic carbocycles. The van der Waals surface area contributed by atoms with E-state index in [-0.39, 0.29) is 43.5 Å². The van der Waals surface area contributed by atoms with Gasteiger partial charge in [-0.05, 0) is 72.5 Å². The predicted molar refractivity (Wildman–Crippen MR) is 188 cm³/mol. The third-order valence-corrected chi connectivity index (χ3v) is 9.73. The summed E-state index contributed by atoms with van der Waals surface area (Å²) in [5, 5.41) is 14.6. The SMILES string of the molecule is CCC(CC)C(=O)/C=C(\O)C(CC)CC.Cc1[c-]c(-c2ncc(C3CCCCC3)c3ccccc23)c2oc3ccccc3c2c1.[Ir]. The van der Waals surface area contributed by atoms with Crippen molar-refractivity contribution in [3.8, 4) is 11.3 Å². The first-order valence-electron chi connectivity index (χ1n) is 17.1. The number of furan rings is 1. The first-order valence-corrected chi connectivity index (χ1v) is 17.1. The van der Waals surface area contributed by atoms with Crippen molar-refractivity contribution in [2.75, 3.05) is 0 Å². The van der Waals surface area contributed by atoms with Crippen LogP contribution in [0.15, 0.2) is 77.0 Å². The summed E-state index contributed by atoms with van der Waals surface area (Å²) in [6.07, 6.45) is 13.6. The van der Waals surface area contributed by atoms with Crippen LogP contribution in [0.25, 0.3) is 44.0 Å². The van der Waals surface area contributed by atoms with Gasteiger partial charge in [-0.1, -0.05) is 107 Å². The monoisotopic (exact) mass is 795 g/mol. The van der Waals surface area contributed by atoms with E-state index in [1.165, 1.54) is 54.5 Å². The van der Waals surface area contributed by atoms with Crippen LogP contribution in [0.4, 0.5) is 0 Å². The molecule has 0 bridgehead atoms. The van der Waals surface area contributed by atoms with E-state index in [1.54, 1.807) is 0 Å². The van der Waals surface area contributed by atoms with E-state index in [4.69, 9.17) is 9.40 Å². The average Bonchev–Trinajstić information content (AvgIpc) is 3.44. The number of aliphatic hydroxyl groups is 1. The van der Waals surface area contributed by atoms with Crippen LogP contribution in [-0.2, 0) is 24.9 Å². The van der Waals surface area contributed by atoms with E-state index >= 15 is 0 Å². The number of benzene rings is 3. The Morgan fingerprint density at radius 1 is 0.891 bits per heavy atom. The van der Waals surface area contributed by atoms with Crippen LogP contribution >= 0.6 is 0 Å². The maximum atomic E-state index is 11.7. The van der Waals surface area contributed by atoms with Crippen molar-refractivity contribution in [2.45, 2.75) is 98.3 Å². The van der Waals surface area contributed by atoms with Crippen molar-refractivity contribution >= 4 is 38.5 Å². The summed E-state index contributed by atoms with van der Waals surface area (Å²) < 4.78 is 6.32. The van der Waals surface area contributed by atoms with E-state index < -0.39 is 0 Å². The Labute approximate surface area is 288 Å². The molecule has 6 rings (SSSR count). The van der Waals surface area contributed by atoms with Crippen molar-refractivity contribution in [1.82, 2.24) is 4.98 Å². The fourth-order valence-electron chi connectivity index (χ4n) is 7.00. The molecule has 46 heavy (non-hydrogen) atoms. The van der Waals surface area contributed by atoms with Gasteiger partial charge in [0.25, 0.3) is 0 Å². The number of para-hydroxylation sites is 1. The number of nitrogens with zero attached hydrogens (tertiary/aromatic N) is 1. The predicted octanol–water partition coefficient (Wildman–Crippen LogP) is 11.8. The van der Waals surface area contributed by atoms with Crippen molar-refractivity contribution in [3.63, 3.8) is 0 Å². The third kappa shape index (κ3) is 7.64. The summed E-state index contributed by atoms with van der Waals surface area (Å²) in [5.41, 5.74) is 6.24. The quantitative estimate of drug-likeness (QED) is 0.0917. The summed E-state index contributed by atoms with van der Waals surface area (Å²) in [5.74, 6) is 1.17. The van der Waals surface area contributed by atoms with Gasteiger partial charge in [0, 0.05) is 49.6 Å². The molecule has 0 aliphatic heterocycles. The topological polar surface area (TPSA) is 63.3 Å². The number of allylic oxidation sites excluding steroid dienone is 2. The number of pyridine rings is 1. The largest absolute Gasteiger partial charge is 0.512 e. The number of carbonyl (C=O) groups is 1. The molecule has 5 heteroatoms. The van der Waals surface area contributed by atoms with Crippen molar-refractivity contribution < 1.29 is 34.4 Å². The average molecular weight is 795 g/mol. The number of rotatable bonds is 9. The molecule has 1 N–H and O–H groups in total. The molecule has 2 aromatic heterocycles. The van der Waals surface area contributed by atoms with Gasteiger partial charge in [-0.2, -0.15) is 0 Å². The Kier molecular flexibility index (Phi) is 12.8. The van der Waals surface area contributed by atoms with Crippen LogP contribution in [0.5, 0.6) is 0 Å². The number of carbonyl (C=O) groups excluding carboxylic acids is 1. The van der Waals surface area contributed by atoms with E-state index in [9.17, 15) is 9.90 Å². The number of fused-ring (bicyclic) bond motifs is 4. The molecule has 0 atom stereocenters. The number of aryl methyl sites for hydroxylation is 1. The number of hydrogen-bond acceptors (Lipinski definition) is 4. The Bertz CT molecular complexity index is 1790. The van der Waals surface area contributed by atoms with Crippen molar-refractivity contribution in [2.24, 2.45) is 11.8 Å².